The van der Waals surface area contributed by atoms with Crippen molar-refractivity contribution in [3.05, 3.63) is 65.5 Å². The molecule has 0 unspecified atom stereocenters. The molecule has 4 heterocycles. The Morgan fingerprint density at radius 3 is 2.52 bits per heavy atom. The second-order valence-electron chi connectivity index (χ2n) is 11.5. The Morgan fingerprint density at radius 1 is 1.15 bits per heavy atom. The minimum absolute atomic E-state index is 0.399. The van der Waals surface area contributed by atoms with Crippen LogP contribution in [0.5, 0.6) is 0 Å². The van der Waals surface area contributed by atoms with Gasteiger partial charge in [-0.15, -0.1) is 0 Å². The fourth-order valence-electron chi connectivity index (χ4n) is 5.03. The minimum atomic E-state index is -2.56. The van der Waals surface area contributed by atoms with E-state index in [-0.39, 0.29) is 0 Å². The SMILES string of the molecule is [2H]C([2H])([2H])N(C(=O)OC(C)(C)C)C1CCN(Cc2ccc(-n3c(-c4cccnc4N)nc4cc(C)c(C)nc43)cc2)CC1. The monoisotopic (exact) mass is 544 g/mol. The number of piperidine rings is 1. The summed E-state index contributed by atoms with van der Waals surface area (Å²) >= 11 is 0. The predicted molar refractivity (Wildman–Crippen MR) is 158 cm³/mol. The minimum Gasteiger partial charge on any atom is -0.444 e. The van der Waals surface area contributed by atoms with Crippen molar-refractivity contribution < 1.29 is 13.6 Å². The fourth-order valence-corrected chi connectivity index (χ4v) is 5.03. The van der Waals surface area contributed by atoms with Gasteiger partial charge in [0.05, 0.1) is 5.56 Å². The van der Waals surface area contributed by atoms with Crippen molar-refractivity contribution in [1.82, 2.24) is 29.3 Å². The molecule has 0 radical (unpaired) electrons. The number of pyridine rings is 2. The van der Waals surface area contributed by atoms with Crippen molar-refractivity contribution >= 4 is 23.1 Å². The first-order valence-electron chi connectivity index (χ1n) is 15.1. The van der Waals surface area contributed by atoms with Crippen molar-refractivity contribution in [2.45, 2.75) is 65.6 Å². The van der Waals surface area contributed by atoms with E-state index in [0.29, 0.717) is 44.1 Å². The van der Waals surface area contributed by atoms with Gasteiger partial charge in [-0.05, 0) is 88.9 Å². The first-order valence-corrected chi connectivity index (χ1v) is 13.6. The van der Waals surface area contributed by atoms with Crippen LogP contribution < -0.4 is 5.73 Å². The van der Waals surface area contributed by atoms with E-state index in [1.165, 1.54) is 0 Å². The van der Waals surface area contributed by atoms with Crippen molar-refractivity contribution in [2.24, 2.45) is 0 Å². The zero-order chi connectivity index (χ0) is 31.1. The number of amides is 1. The Balaban J connectivity index is 1.34. The number of nitrogen functional groups attached to an aromatic ring is 1. The highest BCUT2D eigenvalue weighted by Gasteiger charge is 2.28. The van der Waals surface area contributed by atoms with E-state index in [1.54, 1.807) is 27.0 Å². The lowest BCUT2D eigenvalue weighted by Crippen LogP contribution is -2.46. The Morgan fingerprint density at radius 2 is 1.88 bits per heavy atom. The average molecular weight is 545 g/mol. The average Bonchev–Trinajstić information content (AvgIpc) is 3.26. The quantitative estimate of drug-likeness (QED) is 0.353. The number of nitrogens with zero attached hydrogens (tertiary/aromatic N) is 6. The van der Waals surface area contributed by atoms with E-state index < -0.39 is 24.7 Å². The van der Waals surface area contributed by atoms with E-state index in [1.807, 2.05) is 36.6 Å². The third kappa shape index (κ3) is 5.79. The number of aromatic nitrogens is 4. The maximum Gasteiger partial charge on any atom is 0.410 e. The number of benzene rings is 1. The summed E-state index contributed by atoms with van der Waals surface area (Å²) in [4.78, 5) is 30.0. The van der Waals surface area contributed by atoms with Gasteiger partial charge in [0.2, 0.25) is 0 Å². The number of nitrogens with two attached hydrogens (primary N) is 1. The molecule has 1 fully saturated rings. The number of carbonyl (C=O) groups is 1. The van der Waals surface area contributed by atoms with Crippen LogP contribution in [0.1, 0.15) is 54.5 Å². The third-order valence-electron chi connectivity index (χ3n) is 7.27. The van der Waals surface area contributed by atoms with Crippen LogP contribution in [0.2, 0.25) is 0 Å². The van der Waals surface area contributed by atoms with Gasteiger partial charge in [0.15, 0.2) is 11.5 Å². The number of hydrogen-bond acceptors (Lipinski definition) is 7. The van der Waals surface area contributed by atoms with E-state index in [4.69, 9.17) is 24.6 Å². The smallest absolute Gasteiger partial charge is 0.410 e. The summed E-state index contributed by atoms with van der Waals surface area (Å²) in [6.07, 6.45) is 1.98. The number of aryl methyl sites for hydroxylation is 2. The summed E-state index contributed by atoms with van der Waals surface area (Å²) in [7, 11) is 0. The van der Waals surface area contributed by atoms with Crippen molar-refractivity contribution in [2.75, 3.05) is 25.8 Å². The third-order valence-corrected chi connectivity index (χ3v) is 7.27. The number of anilines is 1. The summed E-state index contributed by atoms with van der Waals surface area (Å²) < 4.78 is 31.3. The normalized spacial score (nSPS) is 16.4. The Hall–Kier alpha value is -3.98. The second-order valence-corrected chi connectivity index (χ2v) is 11.5. The molecule has 2 N–H and O–H groups in total. The van der Waals surface area contributed by atoms with Crippen molar-refractivity contribution in [3.8, 4) is 17.1 Å². The van der Waals surface area contributed by atoms with Gasteiger partial charge >= 0.3 is 6.09 Å². The lowest BCUT2D eigenvalue weighted by Gasteiger charge is -2.37. The molecule has 40 heavy (non-hydrogen) atoms. The molecular weight excluding hydrogens is 502 g/mol. The molecule has 1 amide bonds. The summed E-state index contributed by atoms with van der Waals surface area (Å²) in [6.45, 7) is 8.70. The van der Waals surface area contributed by atoms with Crippen molar-refractivity contribution in [3.63, 3.8) is 0 Å². The standard InChI is InChI=1S/C31H39N7O2/c1-20-18-26-29(34-21(20)2)38(28(35-26)25-8-7-15-33-27(25)32)24-11-9-22(10-12-24)19-37-16-13-23(14-17-37)36(6)30(39)40-31(3,4)5/h7-12,15,18,23H,13-14,16-17,19H2,1-6H3,(H2,32,33)/i6D3. The first kappa shape index (κ1) is 23.9. The molecule has 0 atom stereocenters. The number of imidazole rings is 1. The van der Waals surface area contributed by atoms with Gasteiger partial charge in [0.25, 0.3) is 0 Å². The Labute approximate surface area is 240 Å². The molecule has 3 aromatic heterocycles. The number of carbonyl (C=O) groups excluding carboxylic acids is 1. The molecule has 9 heteroatoms. The molecule has 1 saturated heterocycles. The molecule has 210 valence electrons. The van der Waals surface area contributed by atoms with Crippen LogP contribution in [0.3, 0.4) is 0 Å². The van der Waals surface area contributed by atoms with Gasteiger partial charge in [0.1, 0.15) is 16.9 Å². The molecule has 1 aliphatic heterocycles. The number of likely N-dealkylation sites (tertiary alicyclic amines) is 1. The summed E-state index contributed by atoms with van der Waals surface area (Å²) in [5, 5.41) is 0. The predicted octanol–water partition coefficient (Wildman–Crippen LogP) is 5.51. The number of ether oxygens (including phenoxy) is 1. The lowest BCUT2D eigenvalue weighted by atomic mass is 10.0. The summed E-state index contributed by atoms with van der Waals surface area (Å²) in [6, 6.07) is 13.7. The highest BCUT2D eigenvalue weighted by atomic mass is 16.6. The van der Waals surface area contributed by atoms with E-state index >= 15 is 0 Å². The molecule has 0 bridgehead atoms. The lowest BCUT2D eigenvalue weighted by molar-refractivity contribution is 0.0149. The molecule has 1 aliphatic rings. The number of fused-ring (bicyclic) bond motifs is 1. The molecule has 0 aliphatic carbocycles. The zero-order valence-corrected chi connectivity index (χ0v) is 23.8. The largest absolute Gasteiger partial charge is 0.444 e. The molecule has 0 spiro atoms. The molecule has 5 rings (SSSR count). The Kier molecular flexibility index (Phi) is 6.50. The molecule has 0 saturated carbocycles. The second kappa shape index (κ2) is 10.9. The van der Waals surface area contributed by atoms with Crippen LogP contribution in [-0.4, -0.2) is 67.1 Å². The van der Waals surface area contributed by atoms with Gasteiger partial charge < -0.3 is 15.4 Å². The highest BCUT2D eigenvalue weighted by molar-refractivity contribution is 5.83. The van der Waals surface area contributed by atoms with Crippen LogP contribution in [0, 0.1) is 13.8 Å². The summed E-state index contributed by atoms with van der Waals surface area (Å²) in [5.74, 6) is 1.08. The number of rotatable bonds is 5. The van der Waals surface area contributed by atoms with Gasteiger partial charge in [-0.25, -0.2) is 19.7 Å². The van der Waals surface area contributed by atoms with E-state index in [0.717, 1.165) is 44.1 Å². The van der Waals surface area contributed by atoms with Crippen LogP contribution in [-0.2, 0) is 11.3 Å². The molecular formula is C31H39N7O2. The van der Waals surface area contributed by atoms with Crippen molar-refractivity contribution in [1.29, 1.82) is 0 Å². The van der Waals surface area contributed by atoms with E-state index in [2.05, 4.69) is 34.1 Å². The first-order chi connectivity index (χ1) is 20.2. The zero-order valence-electron chi connectivity index (χ0n) is 26.8. The number of hydrogen-bond donors (Lipinski definition) is 1. The summed E-state index contributed by atoms with van der Waals surface area (Å²) in [5.41, 5.74) is 11.8. The van der Waals surface area contributed by atoms with Gasteiger partial charge in [-0.2, -0.15) is 0 Å². The van der Waals surface area contributed by atoms with E-state index in [9.17, 15) is 4.79 Å². The molecule has 1 aromatic carbocycles. The molecule has 4 aromatic rings. The van der Waals surface area contributed by atoms with Crippen LogP contribution >= 0.6 is 0 Å². The fraction of sp³-hybridized carbons (Fsp3) is 0.419. The highest BCUT2D eigenvalue weighted by Crippen LogP contribution is 2.31. The topological polar surface area (TPSA) is 102 Å². The maximum atomic E-state index is 12.8. The van der Waals surface area contributed by atoms with Crippen LogP contribution in [0.15, 0.2) is 48.7 Å². The van der Waals surface area contributed by atoms with Crippen LogP contribution in [0.25, 0.3) is 28.2 Å². The molecule has 9 nitrogen and oxygen atoms in total. The van der Waals surface area contributed by atoms with Gasteiger partial charge in [-0.3, -0.25) is 9.47 Å². The van der Waals surface area contributed by atoms with Gasteiger partial charge in [0, 0.05) is 54.3 Å². The Bertz CT molecular complexity index is 1620. The maximum absolute atomic E-state index is 12.8. The van der Waals surface area contributed by atoms with Gasteiger partial charge in [-0.1, -0.05) is 12.1 Å². The van der Waals surface area contributed by atoms with Crippen LogP contribution in [0.4, 0.5) is 10.6 Å².